The Morgan fingerprint density at radius 2 is 2.12 bits per heavy atom. The van der Waals surface area contributed by atoms with E-state index in [-0.39, 0.29) is 23.3 Å². The molecular formula is C16H18ClFN4O3. The van der Waals surface area contributed by atoms with Crippen molar-refractivity contribution in [1.29, 1.82) is 0 Å². The minimum Gasteiger partial charge on any atom is -0.411 e. The average molecular weight is 369 g/mol. The number of likely N-dealkylation sites (tertiary alicyclic amines) is 1. The molecule has 1 aliphatic rings. The van der Waals surface area contributed by atoms with Gasteiger partial charge in [0.25, 0.3) is 0 Å². The zero-order valence-electron chi connectivity index (χ0n) is 13.4. The van der Waals surface area contributed by atoms with Crippen LogP contribution in [0.1, 0.15) is 29.8 Å². The van der Waals surface area contributed by atoms with Gasteiger partial charge in [-0.15, -0.1) is 0 Å². The minimum absolute atomic E-state index is 0.000153. The lowest BCUT2D eigenvalue weighted by Crippen LogP contribution is -2.35. The van der Waals surface area contributed by atoms with E-state index in [1.54, 1.807) is 6.07 Å². The second-order valence-electron chi connectivity index (χ2n) is 6.04. The number of oxime groups is 1. The third-order valence-corrected chi connectivity index (χ3v) is 4.53. The summed E-state index contributed by atoms with van der Waals surface area (Å²) >= 11 is 5.79. The molecule has 1 fully saturated rings. The fourth-order valence-corrected chi connectivity index (χ4v) is 3.03. The highest BCUT2D eigenvalue weighted by Crippen LogP contribution is 2.19. The number of nitrogens with zero attached hydrogens (tertiary/aromatic N) is 4. The van der Waals surface area contributed by atoms with Crippen molar-refractivity contribution in [2.75, 3.05) is 13.1 Å². The molecule has 0 amide bonds. The third kappa shape index (κ3) is 4.33. The summed E-state index contributed by atoms with van der Waals surface area (Å²) in [7, 11) is 0. The summed E-state index contributed by atoms with van der Waals surface area (Å²) in [6.07, 6.45) is 1.35. The summed E-state index contributed by atoms with van der Waals surface area (Å²) in [6, 6.07) is 4.29. The summed E-state index contributed by atoms with van der Waals surface area (Å²) < 4.78 is 18.1. The van der Waals surface area contributed by atoms with Crippen LogP contribution in [0.5, 0.6) is 0 Å². The Morgan fingerprint density at radius 1 is 1.36 bits per heavy atom. The van der Waals surface area contributed by atoms with Crippen LogP contribution in [0.3, 0.4) is 0 Å². The number of aromatic nitrogens is 2. The van der Waals surface area contributed by atoms with Crippen LogP contribution in [0, 0.1) is 5.82 Å². The monoisotopic (exact) mass is 368 g/mol. The van der Waals surface area contributed by atoms with E-state index in [4.69, 9.17) is 16.2 Å². The largest absolute Gasteiger partial charge is 0.411 e. The van der Waals surface area contributed by atoms with Gasteiger partial charge in [0.05, 0.1) is 11.1 Å². The lowest BCUT2D eigenvalue weighted by molar-refractivity contribution is 0.0781. The molecule has 9 heteroatoms. The van der Waals surface area contributed by atoms with Crippen LogP contribution in [-0.2, 0) is 13.0 Å². The highest BCUT2D eigenvalue weighted by atomic mass is 35.5. The first kappa shape index (κ1) is 17.8. The lowest BCUT2D eigenvalue weighted by Gasteiger charge is -2.28. The van der Waals surface area contributed by atoms with Gasteiger partial charge in [0.15, 0.2) is 5.69 Å². The molecule has 0 atom stereocenters. The lowest BCUT2D eigenvalue weighted by atomic mass is 10.0. The van der Waals surface area contributed by atoms with Gasteiger partial charge in [0.2, 0.25) is 0 Å². The van der Waals surface area contributed by atoms with E-state index < -0.39 is 5.82 Å². The van der Waals surface area contributed by atoms with Gasteiger partial charge < -0.3 is 10.3 Å². The van der Waals surface area contributed by atoms with E-state index in [9.17, 15) is 14.7 Å². The van der Waals surface area contributed by atoms with Gasteiger partial charge in [-0.1, -0.05) is 28.0 Å². The van der Waals surface area contributed by atoms with Crippen molar-refractivity contribution in [2.24, 2.45) is 5.16 Å². The quantitative estimate of drug-likeness (QED) is 0.477. The summed E-state index contributed by atoms with van der Waals surface area (Å²) in [5.41, 5.74) is 1.84. The number of halogens is 2. The van der Waals surface area contributed by atoms with Crippen LogP contribution in [-0.4, -0.2) is 50.4 Å². The van der Waals surface area contributed by atoms with Crippen LogP contribution in [0.25, 0.3) is 0 Å². The number of benzene rings is 1. The minimum atomic E-state index is -0.510. The Bertz CT molecular complexity index is 760. The van der Waals surface area contributed by atoms with Crippen molar-refractivity contribution in [2.45, 2.75) is 31.9 Å². The molecule has 1 aromatic heterocycles. The Balaban J connectivity index is 1.73. The first-order valence-corrected chi connectivity index (χ1v) is 8.31. The van der Waals surface area contributed by atoms with Crippen molar-refractivity contribution in [1.82, 2.24) is 15.2 Å². The third-order valence-electron chi connectivity index (χ3n) is 4.24. The van der Waals surface area contributed by atoms with E-state index in [0.717, 1.165) is 13.1 Å². The first-order chi connectivity index (χ1) is 12.1. The summed E-state index contributed by atoms with van der Waals surface area (Å²) in [6.45, 7) is 1.97. The van der Waals surface area contributed by atoms with Crippen LogP contribution in [0.2, 0.25) is 5.02 Å². The standard InChI is InChI=1S/C16H18ClFN4O3/c17-12-7-10(1-2-13(12)18)8-14(19-24)16-15(20-25-21-16)9-22-5-3-11(23)4-6-22/h1-2,7,11,23-24H,3-6,8-9H2. The maximum Gasteiger partial charge on any atom is 0.157 e. The number of hydrogen-bond acceptors (Lipinski definition) is 7. The Hall–Kier alpha value is -2.03. The van der Waals surface area contributed by atoms with Crippen molar-refractivity contribution in [3.63, 3.8) is 0 Å². The maximum atomic E-state index is 13.3. The van der Waals surface area contributed by atoms with Crippen molar-refractivity contribution >= 4 is 17.3 Å². The first-order valence-electron chi connectivity index (χ1n) is 7.94. The molecule has 1 aromatic carbocycles. The Kier molecular flexibility index (Phi) is 5.62. The highest BCUT2D eigenvalue weighted by molar-refractivity contribution is 6.30. The maximum absolute atomic E-state index is 13.3. The predicted octanol–water partition coefficient (Wildman–Crippen LogP) is 2.24. The second-order valence-corrected chi connectivity index (χ2v) is 6.45. The molecule has 2 aromatic rings. The zero-order valence-corrected chi connectivity index (χ0v) is 14.2. The van der Waals surface area contributed by atoms with Gasteiger partial charge >= 0.3 is 0 Å². The molecule has 0 unspecified atom stereocenters. The van der Waals surface area contributed by atoms with Crippen LogP contribution in [0.4, 0.5) is 4.39 Å². The van der Waals surface area contributed by atoms with E-state index in [0.29, 0.717) is 36.3 Å². The Labute approximate surface area is 148 Å². The normalized spacial score (nSPS) is 17.2. The highest BCUT2D eigenvalue weighted by Gasteiger charge is 2.23. The van der Waals surface area contributed by atoms with Gasteiger partial charge in [0.1, 0.15) is 17.2 Å². The molecule has 1 saturated heterocycles. The molecular weight excluding hydrogens is 351 g/mol. The van der Waals surface area contributed by atoms with Gasteiger partial charge in [-0.3, -0.25) is 4.90 Å². The Morgan fingerprint density at radius 3 is 2.80 bits per heavy atom. The molecule has 134 valence electrons. The zero-order chi connectivity index (χ0) is 17.8. The molecule has 25 heavy (non-hydrogen) atoms. The molecule has 0 aliphatic carbocycles. The summed E-state index contributed by atoms with van der Waals surface area (Å²) in [5.74, 6) is -0.510. The number of aliphatic hydroxyl groups excluding tert-OH is 1. The predicted molar refractivity (Wildman–Crippen MR) is 88.3 cm³/mol. The fraction of sp³-hybridized carbons (Fsp3) is 0.438. The van der Waals surface area contributed by atoms with E-state index in [1.165, 1.54) is 12.1 Å². The SMILES string of the molecule is ON=C(Cc1ccc(F)c(Cl)c1)c1nonc1CN1CCC(O)CC1. The van der Waals surface area contributed by atoms with Crippen molar-refractivity contribution in [3.05, 3.63) is 46.0 Å². The van der Waals surface area contributed by atoms with Gasteiger partial charge in [0, 0.05) is 26.1 Å². The molecule has 1 aliphatic heterocycles. The molecule has 3 rings (SSSR count). The number of hydrogen-bond donors (Lipinski definition) is 2. The number of rotatable bonds is 5. The molecule has 2 N–H and O–H groups in total. The summed E-state index contributed by atoms with van der Waals surface area (Å²) in [5, 5.41) is 30.0. The molecule has 7 nitrogen and oxygen atoms in total. The molecule has 2 heterocycles. The van der Waals surface area contributed by atoms with Gasteiger partial charge in [-0.2, -0.15) is 0 Å². The van der Waals surface area contributed by atoms with Crippen LogP contribution >= 0.6 is 11.6 Å². The second kappa shape index (κ2) is 7.90. The van der Waals surface area contributed by atoms with Crippen LogP contribution < -0.4 is 0 Å². The topological polar surface area (TPSA) is 95.0 Å². The van der Waals surface area contributed by atoms with E-state index in [2.05, 4.69) is 20.4 Å². The molecule has 0 saturated carbocycles. The van der Waals surface area contributed by atoms with Gasteiger partial charge in [-0.25, -0.2) is 9.02 Å². The van der Waals surface area contributed by atoms with Gasteiger partial charge in [-0.05, 0) is 35.7 Å². The van der Waals surface area contributed by atoms with Crippen molar-refractivity contribution < 1.29 is 19.3 Å². The van der Waals surface area contributed by atoms with E-state index in [1.807, 2.05) is 0 Å². The molecule has 0 spiro atoms. The number of aliphatic hydroxyl groups is 1. The van der Waals surface area contributed by atoms with Crippen LogP contribution in [0.15, 0.2) is 28.0 Å². The molecule has 0 radical (unpaired) electrons. The molecule has 0 bridgehead atoms. The fourth-order valence-electron chi connectivity index (χ4n) is 2.83. The summed E-state index contributed by atoms with van der Waals surface area (Å²) in [4.78, 5) is 2.12. The number of piperidine rings is 1. The van der Waals surface area contributed by atoms with Crippen molar-refractivity contribution in [3.8, 4) is 0 Å². The smallest absolute Gasteiger partial charge is 0.157 e. The van der Waals surface area contributed by atoms with E-state index >= 15 is 0 Å². The average Bonchev–Trinajstić information content (AvgIpc) is 3.06.